The van der Waals surface area contributed by atoms with Gasteiger partial charge in [0.1, 0.15) is 18.5 Å². The van der Waals surface area contributed by atoms with Crippen molar-refractivity contribution in [2.24, 2.45) is 0 Å². The molecule has 25 heavy (non-hydrogen) atoms. The van der Waals surface area contributed by atoms with E-state index in [1.807, 2.05) is 44.2 Å². The van der Waals surface area contributed by atoms with Crippen LogP contribution < -0.4 is 15.4 Å². The average molecular weight is 342 g/mol. The summed E-state index contributed by atoms with van der Waals surface area (Å²) in [6.45, 7) is 4.77. The van der Waals surface area contributed by atoms with Crippen LogP contribution in [0.15, 0.2) is 54.6 Å². The van der Waals surface area contributed by atoms with E-state index in [-0.39, 0.29) is 12.5 Å². The summed E-state index contributed by atoms with van der Waals surface area (Å²) in [5, 5.41) is 15.8. The van der Waals surface area contributed by atoms with Crippen molar-refractivity contribution in [3.05, 3.63) is 60.2 Å². The van der Waals surface area contributed by atoms with Gasteiger partial charge in [0.05, 0.1) is 6.42 Å². The van der Waals surface area contributed by atoms with E-state index in [0.29, 0.717) is 24.8 Å². The largest absolute Gasteiger partial charge is 0.491 e. The number of carbonyl (C=O) groups is 1. The van der Waals surface area contributed by atoms with Crippen LogP contribution in [0.5, 0.6) is 5.75 Å². The topological polar surface area (TPSA) is 70.6 Å². The number of carbonyl (C=O) groups excluding carboxylic acids is 1. The fraction of sp³-hybridized carbons (Fsp3) is 0.350. The molecule has 0 aliphatic rings. The van der Waals surface area contributed by atoms with Gasteiger partial charge >= 0.3 is 0 Å². The molecule has 2 rings (SSSR count). The van der Waals surface area contributed by atoms with Crippen LogP contribution in [0.3, 0.4) is 0 Å². The van der Waals surface area contributed by atoms with Crippen LogP contribution in [0.4, 0.5) is 5.69 Å². The lowest BCUT2D eigenvalue weighted by Gasteiger charge is -2.15. The zero-order valence-electron chi connectivity index (χ0n) is 14.7. The van der Waals surface area contributed by atoms with Crippen LogP contribution >= 0.6 is 0 Å². The summed E-state index contributed by atoms with van der Waals surface area (Å²) < 4.78 is 5.55. The molecule has 0 bridgehead atoms. The molecule has 1 atom stereocenters. The van der Waals surface area contributed by atoms with Crippen LogP contribution in [0, 0.1) is 0 Å². The first kappa shape index (κ1) is 19.0. The Balaban J connectivity index is 1.76. The SMILES string of the molecule is CC(C)NC[C@H](O)COc1ccc(NC(=O)Cc2ccccc2)cc1. The van der Waals surface area contributed by atoms with E-state index in [4.69, 9.17) is 4.74 Å². The van der Waals surface area contributed by atoms with Crippen molar-refractivity contribution >= 4 is 11.6 Å². The van der Waals surface area contributed by atoms with Gasteiger partial charge in [-0.2, -0.15) is 0 Å². The summed E-state index contributed by atoms with van der Waals surface area (Å²) in [5.74, 6) is 0.597. The lowest BCUT2D eigenvalue weighted by molar-refractivity contribution is -0.115. The van der Waals surface area contributed by atoms with Crippen molar-refractivity contribution in [1.82, 2.24) is 5.32 Å². The second-order valence-electron chi connectivity index (χ2n) is 6.26. The van der Waals surface area contributed by atoms with E-state index in [1.165, 1.54) is 0 Å². The maximum atomic E-state index is 12.0. The van der Waals surface area contributed by atoms with Gasteiger partial charge in [0.2, 0.25) is 5.91 Å². The number of amides is 1. The summed E-state index contributed by atoms with van der Waals surface area (Å²) in [6.07, 6.45) is -0.221. The maximum Gasteiger partial charge on any atom is 0.228 e. The van der Waals surface area contributed by atoms with E-state index in [0.717, 1.165) is 11.3 Å². The van der Waals surface area contributed by atoms with Gasteiger partial charge in [-0.05, 0) is 29.8 Å². The third kappa shape index (κ3) is 7.37. The number of aliphatic hydroxyl groups is 1. The minimum Gasteiger partial charge on any atom is -0.491 e. The highest BCUT2D eigenvalue weighted by Gasteiger charge is 2.07. The quantitative estimate of drug-likeness (QED) is 0.655. The summed E-state index contributed by atoms with van der Waals surface area (Å²) in [5.41, 5.74) is 1.69. The van der Waals surface area contributed by atoms with E-state index in [1.54, 1.807) is 24.3 Å². The molecular formula is C20H26N2O3. The molecule has 134 valence electrons. The van der Waals surface area contributed by atoms with Crippen LogP contribution in [-0.2, 0) is 11.2 Å². The molecule has 5 nitrogen and oxygen atoms in total. The molecule has 0 heterocycles. The number of hydrogen-bond acceptors (Lipinski definition) is 4. The summed E-state index contributed by atoms with van der Waals surface area (Å²) in [7, 11) is 0. The second kappa shape index (κ2) is 9.81. The monoisotopic (exact) mass is 342 g/mol. The predicted octanol–water partition coefficient (Wildman–Crippen LogP) is 2.61. The van der Waals surface area contributed by atoms with Gasteiger partial charge in [-0.15, -0.1) is 0 Å². The van der Waals surface area contributed by atoms with E-state index in [9.17, 15) is 9.90 Å². The standard InChI is InChI=1S/C20H26N2O3/c1-15(2)21-13-18(23)14-25-19-10-8-17(9-11-19)22-20(24)12-16-6-4-3-5-7-16/h3-11,15,18,21,23H,12-14H2,1-2H3,(H,22,24)/t18-/m0/s1. The molecule has 2 aromatic rings. The molecule has 0 aliphatic heterocycles. The highest BCUT2D eigenvalue weighted by atomic mass is 16.5. The van der Waals surface area contributed by atoms with Gasteiger partial charge in [-0.3, -0.25) is 4.79 Å². The number of rotatable bonds is 9. The minimum atomic E-state index is -0.562. The predicted molar refractivity (Wildman–Crippen MR) is 99.9 cm³/mol. The number of benzene rings is 2. The first-order valence-corrected chi connectivity index (χ1v) is 8.51. The van der Waals surface area contributed by atoms with E-state index in [2.05, 4.69) is 10.6 Å². The Labute approximate surface area is 149 Å². The van der Waals surface area contributed by atoms with Gasteiger partial charge in [0.25, 0.3) is 0 Å². The maximum absolute atomic E-state index is 12.0. The van der Waals surface area contributed by atoms with Crippen molar-refractivity contribution in [2.45, 2.75) is 32.4 Å². The lowest BCUT2D eigenvalue weighted by atomic mass is 10.1. The highest BCUT2D eigenvalue weighted by Crippen LogP contribution is 2.16. The first-order valence-electron chi connectivity index (χ1n) is 8.51. The normalized spacial score (nSPS) is 12.0. The highest BCUT2D eigenvalue weighted by molar-refractivity contribution is 5.92. The molecule has 0 saturated heterocycles. The van der Waals surface area contributed by atoms with Gasteiger partial charge in [-0.1, -0.05) is 44.2 Å². The summed E-state index contributed by atoms with van der Waals surface area (Å²) >= 11 is 0. The molecule has 0 saturated carbocycles. The van der Waals surface area contributed by atoms with Crippen LogP contribution in [0.1, 0.15) is 19.4 Å². The second-order valence-corrected chi connectivity index (χ2v) is 6.26. The van der Waals surface area contributed by atoms with Gasteiger partial charge in [0.15, 0.2) is 0 Å². The van der Waals surface area contributed by atoms with Crippen LogP contribution in [-0.4, -0.2) is 36.3 Å². The first-order chi connectivity index (χ1) is 12.0. The number of hydrogen-bond donors (Lipinski definition) is 3. The molecule has 0 radical (unpaired) electrons. The Morgan fingerprint density at radius 1 is 1.08 bits per heavy atom. The molecule has 0 spiro atoms. The number of aliphatic hydroxyl groups excluding tert-OH is 1. The van der Waals surface area contributed by atoms with Gasteiger partial charge in [0, 0.05) is 18.3 Å². The third-order valence-electron chi connectivity index (χ3n) is 3.55. The van der Waals surface area contributed by atoms with Crippen molar-refractivity contribution in [3.8, 4) is 5.75 Å². The zero-order valence-corrected chi connectivity index (χ0v) is 14.7. The van der Waals surface area contributed by atoms with Crippen LogP contribution in [0.25, 0.3) is 0 Å². The molecule has 2 aromatic carbocycles. The van der Waals surface area contributed by atoms with Crippen LogP contribution in [0.2, 0.25) is 0 Å². The van der Waals surface area contributed by atoms with E-state index < -0.39 is 6.10 Å². The summed E-state index contributed by atoms with van der Waals surface area (Å²) in [4.78, 5) is 12.0. The smallest absolute Gasteiger partial charge is 0.228 e. The van der Waals surface area contributed by atoms with Crippen molar-refractivity contribution < 1.29 is 14.6 Å². The molecule has 0 aromatic heterocycles. The molecule has 3 N–H and O–H groups in total. The Morgan fingerprint density at radius 2 is 1.76 bits per heavy atom. The number of nitrogens with one attached hydrogen (secondary N) is 2. The Kier molecular flexibility index (Phi) is 7.44. The molecule has 5 heteroatoms. The minimum absolute atomic E-state index is 0.0601. The lowest BCUT2D eigenvalue weighted by Crippen LogP contribution is -2.35. The third-order valence-corrected chi connectivity index (χ3v) is 3.55. The van der Waals surface area contributed by atoms with Gasteiger partial charge in [-0.25, -0.2) is 0 Å². The Bertz CT molecular complexity index is 642. The molecule has 0 unspecified atom stereocenters. The molecular weight excluding hydrogens is 316 g/mol. The average Bonchev–Trinajstić information content (AvgIpc) is 2.60. The number of anilines is 1. The van der Waals surface area contributed by atoms with E-state index >= 15 is 0 Å². The van der Waals surface area contributed by atoms with Crippen molar-refractivity contribution in [3.63, 3.8) is 0 Å². The Morgan fingerprint density at radius 3 is 2.40 bits per heavy atom. The van der Waals surface area contributed by atoms with Crippen molar-refractivity contribution in [1.29, 1.82) is 0 Å². The van der Waals surface area contributed by atoms with Crippen molar-refractivity contribution in [2.75, 3.05) is 18.5 Å². The zero-order chi connectivity index (χ0) is 18.1. The summed E-state index contributed by atoms with van der Waals surface area (Å²) in [6, 6.07) is 17.1. The van der Waals surface area contributed by atoms with Gasteiger partial charge < -0.3 is 20.5 Å². The number of ether oxygens (including phenoxy) is 1. The Hall–Kier alpha value is -2.37. The molecule has 0 fully saturated rings. The fourth-order valence-corrected chi connectivity index (χ4v) is 2.24. The molecule has 1 amide bonds. The fourth-order valence-electron chi connectivity index (χ4n) is 2.24. The molecule has 0 aliphatic carbocycles.